The lowest BCUT2D eigenvalue weighted by Gasteiger charge is -2.21. The molecular weight excluding hydrogens is 310 g/mol. The fourth-order valence-corrected chi connectivity index (χ4v) is 3.83. The molecular formula is C17H17N3O2S. The van der Waals surface area contributed by atoms with E-state index in [1.165, 1.54) is 16.2 Å². The number of rotatable bonds is 4. The van der Waals surface area contributed by atoms with Crippen molar-refractivity contribution in [3.63, 3.8) is 0 Å². The molecule has 1 aromatic carbocycles. The van der Waals surface area contributed by atoms with Gasteiger partial charge in [-0.15, -0.1) is 11.3 Å². The number of ether oxygens (including phenoxy) is 1. The zero-order valence-electron chi connectivity index (χ0n) is 12.6. The number of hydrogen-bond acceptors (Lipinski definition) is 5. The maximum Gasteiger partial charge on any atom is 0.240 e. The van der Waals surface area contributed by atoms with E-state index in [4.69, 9.17) is 10.00 Å². The molecule has 3 rings (SSSR count). The second kappa shape index (κ2) is 7.36. The van der Waals surface area contributed by atoms with Gasteiger partial charge in [0.15, 0.2) is 5.13 Å². The highest BCUT2D eigenvalue weighted by Crippen LogP contribution is 2.40. The Morgan fingerprint density at radius 3 is 2.78 bits per heavy atom. The van der Waals surface area contributed by atoms with E-state index >= 15 is 0 Å². The van der Waals surface area contributed by atoms with Crippen LogP contribution in [0.15, 0.2) is 30.3 Å². The molecule has 1 N–H and O–H groups in total. The summed E-state index contributed by atoms with van der Waals surface area (Å²) in [5.41, 5.74) is 1.97. The molecule has 2 heterocycles. The molecule has 23 heavy (non-hydrogen) atoms. The molecule has 5 nitrogen and oxygen atoms in total. The number of hydrogen-bond donors (Lipinski definition) is 1. The van der Waals surface area contributed by atoms with E-state index in [0.717, 1.165) is 37.3 Å². The minimum atomic E-state index is -0.320. The van der Waals surface area contributed by atoms with Crippen LogP contribution in [0, 0.1) is 11.3 Å². The van der Waals surface area contributed by atoms with Gasteiger partial charge in [0.05, 0.1) is 11.8 Å². The summed E-state index contributed by atoms with van der Waals surface area (Å²) in [4.78, 5) is 17.5. The van der Waals surface area contributed by atoms with Crippen molar-refractivity contribution in [3.05, 3.63) is 35.2 Å². The van der Waals surface area contributed by atoms with Gasteiger partial charge in [-0.05, 0) is 18.8 Å². The molecule has 0 saturated carbocycles. The number of thiazole rings is 1. The Hall–Kier alpha value is -2.23. The van der Waals surface area contributed by atoms with Crippen LogP contribution in [-0.4, -0.2) is 24.1 Å². The summed E-state index contributed by atoms with van der Waals surface area (Å²) >= 11 is 1.51. The molecule has 0 aliphatic carbocycles. The van der Waals surface area contributed by atoms with Crippen LogP contribution >= 0.6 is 11.3 Å². The Kier molecular flexibility index (Phi) is 5.01. The van der Waals surface area contributed by atoms with Crippen molar-refractivity contribution in [2.75, 3.05) is 18.5 Å². The quantitative estimate of drug-likeness (QED) is 0.931. The standard InChI is InChI=1S/C17H17N3O2S/c18-9-6-14(21)19-17-20-15(12-4-2-1-3-5-12)16(23-17)13-7-10-22-11-8-13/h1-5,13H,6-8,10-11H2,(H,19,20,21). The SMILES string of the molecule is N#CCC(=O)Nc1nc(-c2ccccc2)c(C2CCOCC2)s1. The van der Waals surface area contributed by atoms with Gasteiger partial charge in [0.1, 0.15) is 6.42 Å². The minimum Gasteiger partial charge on any atom is -0.381 e. The van der Waals surface area contributed by atoms with Gasteiger partial charge in [-0.2, -0.15) is 5.26 Å². The normalized spacial score (nSPS) is 15.1. The lowest BCUT2D eigenvalue weighted by atomic mass is 9.95. The van der Waals surface area contributed by atoms with Gasteiger partial charge in [0.25, 0.3) is 0 Å². The smallest absolute Gasteiger partial charge is 0.240 e. The van der Waals surface area contributed by atoms with E-state index in [1.54, 1.807) is 0 Å². The Labute approximate surface area is 138 Å². The van der Waals surface area contributed by atoms with Crippen LogP contribution in [-0.2, 0) is 9.53 Å². The zero-order valence-corrected chi connectivity index (χ0v) is 13.4. The van der Waals surface area contributed by atoms with E-state index < -0.39 is 0 Å². The van der Waals surface area contributed by atoms with E-state index in [-0.39, 0.29) is 12.3 Å². The summed E-state index contributed by atoms with van der Waals surface area (Å²) < 4.78 is 5.45. The average molecular weight is 327 g/mol. The molecule has 118 valence electrons. The highest BCUT2D eigenvalue weighted by atomic mass is 32.1. The third kappa shape index (κ3) is 3.76. The Balaban J connectivity index is 1.93. The Morgan fingerprint density at radius 2 is 2.09 bits per heavy atom. The molecule has 1 aromatic heterocycles. The number of carbonyl (C=O) groups is 1. The van der Waals surface area contributed by atoms with Crippen LogP contribution in [0.25, 0.3) is 11.3 Å². The molecule has 1 amide bonds. The number of benzene rings is 1. The van der Waals surface area contributed by atoms with Crippen LogP contribution in [0.3, 0.4) is 0 Å². The third-order valence-electron chi connectivity index (χ3n) is 3.78. The molecule has 1 aliphatic rings. The topological polar surface area (TPSA) is 75.0 Å². The minimum absolute atomic E-state index is 0.160. The number of carbonyl (C=O) groups excluding carboxylic acids is 1. The molecule has 2 aromatic rings. The molecule has 1 fully saturated rings. The van der Waals surface area contributed by atoms with Crippen molar-refractivity contribution < 1.29 is 9.53 Å². The lowest BCUT2D eigenvalue weighted by molar-refractivity contribution is -0.115. The average Bonchev–Trinajstić information content (AvgIpc) is 3.00. The highest BCUT2D eigenvalue weighted by molar-refractivity contribution is 7.16. The first-order valence-electron chi connectivity index (χ1n) is 7.58. The molecule has 1 aliphatic heterocycles. The molecule has 1 saturated heterocycles. The van der Waals surface area contributed by atoms with Crippen LogP contribution in [0.4, 0.5) is 5.13 Å². The van der Waals surface area contributed by atoms with E-state index in [9.17, 15) is 4.79 Å². The van der Waals surface area contributed by atoms with Crippen molar-refractivity contribution in [1.29, 1.82) is 5.26 Å². The van der Waals surface area contributed by atoms with Crippen molar-refractivity contribution in [3.8, 4) is 17.3 Å². The number of nitriles is 1. The van der Waals surface area contributed by atoms with Crippen LogP contribution < -0.4 is 5.32 Å². The molecule has 6 heteroatoms. The monoisotopic (exact) mass is 327 g/mol. The summed E-state index contributed by atoms with van der Waals surface area (Å²) in [7, 11) is 0. The number of aromatic nitrogens is 1. The zero-order chi connectivity index (χ0) is 16.1. The Bertz CT molecular complexity index is 715. The van der Waals surface area contributed by atoms with Gasteiger partial charge >= 0.3 is 0 Å². The van der Waals surface area contributed by atoms with Gasteiger partial charge in [0.2, 0.25) is 5.91 Å². The van der Waals surface area contributed by atoms with Gasteiger partial charge in [-0.3, -0.25) is 4.79 Å². The molecule has 0 unspecified atom stereocenters. The number of amides is 1. The number of nitrogens with one attached hydrogen (secondary N) is 1. The first-order chi connectivity index (χ1) is 11.3. The summed E-state index contributed by atoms with van der Waals surface area (Å²) in [6.45, 7) is 1.51. The maximum atomic E-state index is 11.7. The Morgan fingerprint density at radius 1 is 1.35 bits per heavy atom. The van der Waals surface area contributed by atoms with Crippen molar-refractivity contribution in [2.45, 2.75) is 25.2 Å². The molecule has 0 spiro atoms. The molecule has 0 bridgehead atoms. The fourth-order valence-electron chi connectivity index (χ4n) is 2.66. The second-order valence-corrected chi connectivity index (χ2v) is 6.40. The maximum absolute atomic E-state index is 11.7. The summed E-state index contributed by atoms with van der Waals surface area (Å²) in [5, 5.41) is 11.9. The number of anilines is 1. The molecule has 0 radical (unpaired) electrons. The summed E-state index contributed by atoms with van der Waals surface area (Å²) in [6.07, 6.45) is 1.77. The van der Waals surface area contributed by atoms with Gasteiger partial charge < -0.3 is 10.1 Å². The van der Waals surface area contributed by atoms with E-state index in [2.05, 4.69) is 10.3 Å². The summed E-state index contributed by atoms with van der Waals surface area (Å²) in [5.74, 6) is 0.0810. The lowest BCUT2D eigenvalue weighted by Crippen LogP contribution is -2.13. The van der Waals surface area contributed by atoms with Gasteiger partial charge in [-0.25, -0.2) is 4.98 Å². The van der Waals surface area contributed by atoms with Crippen molar-refractivity contribution in [2.24, 2.45) is 0 Å². The highest BCUT2D eigenvalue weighted by Gasteiger charge is 2.24. The van der Waals surface area contributed by atoms with Gasteiger partial charge in [0, 0.05) is 23.7 Å². The predicted molar refractivity (Wildman–Crippen MR) is 89.2 cm³/mol. The first kappa shape index (κ1) is 15.7. The first-order valence-corrected chi connectivity index (χ1v) is 8.40. The predicted octanol–water partition coefficient (Wildman–Crippen LogP) is 3.56. The van der Waals surface area contributed by atoms with Crippen LogP contribution in [0.5, 0.6) is 0 Å². The largest absolute Gasteiger partial charge is 0.381 e. The van der Waals surface area contributed by atoms with Gasteiger partial charge in [-0.1, -0.05) is 30.3 Å². The van der Waals surface area contributed by atoms with Crippen LogP contribution in [0.1, 0.15) is 30.1 Å². The van der Waals surface area contributed by atoms with E-state index in [0.29, 0.717) is 11.0 Å². The van der Waals surface area contributed by atoms with Crippen molar-refractivity contribution in [1.82, 2.24) is 4.98 Å². The second-order valence-electron chi connectivity index (χ2n) is 5.37. The van der Waals surface area contributed by atoms with E-state index in [1.807, 2.05) is 36.4 Å². The van der Waals surface area contributed by atoms with Crippen molar-refractivity contribution >= 4 is 22.4 Å². The molecule has 0 atom stereocenters. The number of nitrogens with zero attached hydrogens (tertiary/aromatic N) is 2. The third-order valence-corrected chi connectivity index (χ3v) is 4.91. The fraction of sp³-hybridized carbons (Fsp3) is 0.353. The van der Waals surface area contributed by atoms with Crippen LogP contribution in [0.2, 0.25) is 0 Å². The summed E-state index contributed by atoms with van der Waals surface area (Å²) in [6, 6.07) is 11.8.